The van der Waals surface area contributed by atoms with Crippen molar-refractivity contribution in [1.29, 1.82) is 0 Å². The van der Waals surface area contributed by atoms with Crippen LogP contribution < -0.4 is 0 Å². The van der Waals surface area contributed by atoms with Crippen molar-refractivity contribution in [1.82, 2.24) is 0 Å². The maximum atomic E-state index is 10.4. The molecule has 2 fully saturated rings. The summed E-state index contributed by atoms with van der Waals surface area (Å²) in [4.78, 5) is 0. The summed E-state index contributed by atoms with van der Waals surface area (Å²) in [5.74, 6) is 2.69. The average molecular weight is 312 g/mol. The number of phenols is 1. The topological polar surface area (TPSA) is 40.5 Å². The van der Waals surface area contributed by atoms with Crippen LogP contribution in [0.15, 0.2) is 30.9 Å². The molecule has 0 bridgehead atoms. The highest BCUT2D eigenvalue weighted by atomic mass is 16.3. The van der Waals surface area contributed by atoms with Crippen LogP contribution in [0.3, 0.4) is 0 Å². The fourth-order valence-electron chi connectivity index (χ4n) is 6.35. The molecule has 2 heteroatoms. The predicted molar refractivity (Wildman–Crippen MR) is 92.4 cm³/mol. The largest absolute Gasteiger partial charge is 0.508 e. The Bertz CT molecular complexity index is 622. The quantitative estimate of drug-likeness (QED) is 0.794. The standard InChI is InChI=1S/C21H28O2/c1-3-13-11-21(4-2)12-16(23)10-19(21)18-7-5-14-9-15(22)6-8-17(14)20(13)18/h3,6,8-9,13,16,18-20,22-23H,1,4-5,7,10-12H2,2H3/t13-,16+,18-,19-,20+,21+/m0/s1. The Labute approximate surface area is 139 Å². The molecule has 6 atom stereocenters. The highest BCUT2D eigenvalue weighted by molar-refractivity contribution is 5.41. The Morgan fingerprint density at radius 1 is 1.35 bits per heavy atom. The number of hydrogen-bond acceptors (Lipinski definition) is 2. The Morgan fingerprint density at radius 3 is 2.91 bits per heavy atom. The van der Waals surface area contributed by atoms with Gasteiger partial charge in [-0.2, -0.15) is 0 Å². The third kappa shape index (κ3) is 2.18. The first-order chi connectivity index (χ1) is 11.1. The van der Waals surface area contributed by atoms with Crippen molar-refractivity contribution in [3.05, 3.63) is 42.0 Å². The molecule has 3 aliphatic carbocycles. The van der Waals surface area contributed by atoms with Gasteiger partial charge in [-0.25, -0.2) is 0 Å². The normalized spacial score (nSPS) is 41.7. The van der Waals surface area contributed by atoms with E-state index in [1.165, 1.54) is 24.0 Å². The molecule has 2 saturated carbocycles. The minimum absolute atomic E-state index is 0.120. The first-order valence-corrected chi connectivity index (χ1v) is 9.20. The minimum Gasteiger partial charge on any atom is -0.508 e. The summed E-state index contributed by atoms with van der Waals surface area (Å²) in [6.45, 7) is 6.46. The van der Waals surface area contributed by atoms with Crippen molar-refractivity contribution in [3.8, 4) is 5.75 Å². The molecule has 0 heterocycles. The number of hydrogen-bond donors (Lipinski definition) is 2. The number of aromatic hydroxyl groups is 1. The number of fused-ring (bicyclic) bond motifs is 5. The summed E-state index contributed by atoms with van der Waals surface area (Å²) in [6.07, 6.45) is 8.58. The van der Waals surface area contributed by atoms with Gasteiger partial charge in [-0.1, -0.05) is 25.5 Å². The minimum atomic E-state index is -0.120. The van der Waals surface area contributed by atoms with E-state index in [0.29, 0.717) is 34.8 Å². The fourth-order valence-corrected chi connectivity index (χ4v) is 6.35. The van der Waals surface area contributed by atoms with Gasteiger partial charge in [0.05, 0.1) is 6.10 Å². The zero-order chi connectivity index (χ0) is 16.2. The molecule has 0 aromatic heterocycles. The molecule has 23 heavy (non-hydrogen) atoms. The SMILES string of the molecule is C=C[C@H]1C[C@]2(CC)C[C@H](O)C[C@H]2[C@@H]2CCc3cc(O)ccc3[C@H]21. The van der Waals surface area contributed by atoms with E-state index in [9.17, 15) is 10.2 Å². The first kappa shape index (κ1) is 15.3. The van der Waals surface area contributed by atoms with Gasteiger partial charge in [0.1, 0.15) is 5.75 Å². The molecule has 2 nitrogen and oxygen atoms in total. The van der Waals surface area contributed by atoms with Gasteiger partial charge in [0.15, 0.2) is 0 Å². The molecule has 0 unspecified atom stereocenters. The van der Waals surface area contributed by atoms with E-state index in [0.717, 1.165) is 25.7 Å². The zero-order valence-electron chi connectivity index (χ0n) is 14.0. The summed E-state index contributed by atoms with van der Waals surface area (Å²) in [5, 5.41) is 20.2. The van der Waals surface area contributed by atoms with Crippen molar-refractivity contribution < 1.29 is 10.2 Å². The maximum absolute atomic E-state index is 10.4. The third-order valence-electron chi connectivity index (χ3n) is 7.28. The van der Waals surface area contributed by atoms with Gasteiger partial charge in [0, 0.05) is 0 Å². The van der Waals surface area contributed by atoms with Crippen molar-refractivity contribution in [2.24, 2.45) is 23.2 Å². The van der Waals surface area contributed by atoms with Crippen molar-refractivity contribution in [2.45, 2.75) is 57.5 Å². The van der Waals surface area contributed by atoms with Gasteiger partial charge in [0.25, 0.3) is 0 Å². The average Bonchev–Trinajstić information content (AvgIpc) is 2.90. The smallest absolute Gasteiger partial charge is 0.115 e. The summed E-state index contributed by atoms with van der Waals surface area (Å²) < 4.78 is 0. The number of phenolic OH excluding ortho intramolecular Hbond substituents is 1. The van der Waals surface area contributed by atoms with E-state index in [2.05, 4.69) is 25.6 Å². The molecular weight excluding hydrogens is 284 g/mol. The Balaban J connectivity index is 1.79. The fraction of sp³-hybridized carbons (Fsp3) is 0.619. The third-order valence-corrected chi connectivity index (χ3v) is 7.28. The number of benzene rings is 1. The highest BCUT2D eigenvalue weighted by Gasteiger charge is 2.56. The Morgan fingerprint density at radius 2 is 2.17 bits per heavy atom. The van der Waals surface area contributed by atoms with E-state index in [1.807, 2.05) is 12.1 Å². The molecule has 1 aromatic rings. The molecule has 4 rings (SSSR count). The number of aryl methyl sites for hydroxylation is 1. The summed E-state index contributed by atoms with van der Waals surface area (Å²) in [5.41, 5.74) is 3.06. The Hall–Kier alpha value is -1.28. The van der Waals surface area contributed by atoms with Crippen molar-refractivity contribution in [2.75, 3.05) is 0 Å². The van der Waals surface area contributed by atoms with Gasteiger partial charge in [0.2, 0.25) is 0 Å². The molecule has 124 valence electrons. The van der Waals surface area contributed by atoms with E-state index in [-0.39, 0.29) is 6.10 Å². The van der Waals surface area contributed by atoms with E-state index in [1.54, 1.807) is 0 Å². The molecule has 0 aliphatic heterocycles. The van der Waals surface area contributed by atoms with Crippen LogP contribution >= 0.6 is 0 Å². The molecule has 1 aromatic carbocycles. The van der Waals surface area contributed by atoms with Crippen LogP contribution in [0.4, 0.5) is 0 Å². The zero-order valence-corrected chi connectivity index (χ0v) is 14.0. The molecule has 0 amide bonds. The molecule has 3 aliphatic rings. The second-order valence-corrected chi connectivity index (χ2v) is 8.13. The lowest BCUT2D eigenvalue weighted by Crippen LogP contribution is -2.44. The monoisotopic (exact) mass is 312 g/mol. The van der Waals surface area contributed by atoms with E-state index < -0.39 is 0 Å². The molecule has 2 N–H and O–H groups in total. The van der Waals surface area contributed by atoms with Crippen LogP contribution in [0, 0.1) is 23.2 Å². The van der Waals surface area contributed by atoms with Crippen molar-refractivity contribution in [3.63, 3.8) is 0 Å². The first-order valence-electron chi connectivity index (χ1n) is 9.20. The lowest BCUT2D eigenvalue weighted by Gasteiger charge is -2.53. The van der Waals surface area contributed by atoms with Crippen LogP contribution in [-0.4, -0.2) is 16.3 Å². The summed E-state index contributed by atoms with van der Waals surface area (Å²) in [7, 11) is 0. The number of aliphatic hydroxyl groups is 1. The van der Waals surface area contributed by atoms with Crippen LogP contribution in [0.2, 0.25) is 0 Å². The lowest BCUT2D eigenvalue weighted by atomic mass is 9.51. The van der Waals surface area contributed by atoms with Gasteiger partial charge in [-0.15, -0.1) is 6.58 Å². The predicted octanol–water partition coefficient (Wildman–Crippen LogP) is 4.41. The molecular formula is C21H28O2. The van der Waals surface area contributed by atoms with Gasteiger partial charge >= 0.3 is 0 Å². The van der Waals surface area contributed by atoms with E-state index in [4.69, 9.17) is 0 Å². The molecule has 0 saturated heterocycles. The molecule has 0 radical (unpaired) electrons. The van der Waals surface area contributed by atoms with Crippen molar-refractivity contribution >= 4 is 0 Å². The van der Waals surface area contributed by atoms with Crippen LogP contribution in [-0.2, 0) is 6.42 Å². The van der Waals surface area contributed by atoms with Gasteiger partial charge in [-0.05, 0) is 84.5 Å². The summed E-state index contributed by atoms with van der Waals surface area (Å²) >= 11 is 0. The van der Waals surface area contributed by atoms with Gasteiger partial charge in [-0.3, -0.25) is 0 Å². The van der Waals surface area contributed by atoms with Crippen LogP contribution in [0.5, 0.6) is 5.75 Å². The van der Waals surface area contributed by atoms with Crippen LogP contribution in [0.1, 0.15) is 56.1 Å². The summed E-state index contributed by atoms with van der Waals surface area (Å²) in [6, 6.07) is 5.94. The second-order valence-electron chi connectivity index (χ2n) is 8.13. The maximum Gasteiger partial charge on any atom is 0.115 e. The number of allylic oxidation sites excluding steroid dienone is 1. The van der Waals surface area contributed by atoms with Gasteiger partial charge < -0.3 is 10.2 Å². The van der Waals surface area contributed by atoms with Crippen LogP contribution in [0.25, 0.3) is 0 Å². The number of rotatable bonds is 2. The highest BCUT2D eigenvalue weighted by Crippen LogP contribution is 2.64. The number of aliphatic hydroxyl groups excluding tert-OH is 1. The lowest BCUT2D eigenvalue weighted by molar-refractivity contribution is 0.0158. The Kier molecular flexibility index (Phi) is 3.57. The second kappa shape index (κ2) is 5.37. The van der Waals surface area contributed by atoms with E-state index >= 15 is 0 Å². The molecule has 0 spiro atoms.